The van der Waals surface area contributed by atoms with Crippen molar-refractivity contribution in [2.75, 3.05) is 4.90 Å². The summed E-state index contributed by atoms with van der Waals surface area (Å²) in [6, 6.07) is 19.1. The molecule has 0 radical (unpaired) electrons. The first-order valence-electron chi connectivity index (χ1n) is 7.30. The van der Waals surface area contributed by atoms with Gasteiger partial charge in [-0.25, -0.2) is 0 Å². The molecule has 0 N–H and O–H groups in total. The van der Waals surface area contributed by atoms with Gasteiger partial charge in [-0.15, -0.1) is 11.3 Å². The maximum atomic E-state index is 13.0. The predicted octanol–water partition coefficient (Wildman–Crippen LogP) is 5.56. The summed E-state index contributed by atoms with van der Waals surface area (Å²) < 4.78 is 0. The molecule has 3 rings (SSSR count). The van der Waals surface area contributed by atoms with Crippen LogP contribution in [-0.4, -0.2) is 5.91 Å². The van der Waals surface area contributed by atoms with Crippen molar-refractivity contribution in [2.24, 2.45) is 0 Å². The first kappa shape index (κ1) is 15.8. The molecule has 1 heterocycles. The number of carbonyl (C=O) groups is 1. The Morgan fingerprint density at radius 2 is 1.91 bits per heavy atom. The summed E-state index contributed by atoms with van der Waals surface area (Å²) in [4.78, 5) is 15.9. The van der Waals surface area contributed by atoms with E-state index in [2.05, 4.69) is 0 Å². The Kier molecular flexibility index (Phi) is 4.79. The molecule has 2 aromatic carbocycles. The van der Waals surface area contributed by atoms with Gasteiger partial charge in [-0.05, 0) is 48.7 Å². The second-order valence-corrected chi connectivity index (χ2v) is 6.79. The zero-order valence-electron chi connectivity index (χ0n) is 12.7. The van der Waals surface area contributed by atoms with Gasteiger partial charge >= 0.3 is 0 Å². The highest BCUT2D eigenvalue weighted by Gasteiger charge is 2.19. The fourth-order valence-corrected chi connectivity index (χ4v) is 3.29. The van der Waals surface area contributed by atoms with Crippen molar-refractivity contribution in [3.63, 3.8) is 0 Å². The molecule has 0 saturated carbocycles. The Bertz CT molecular complexity index is 814. The second-order valence-electron chi connectivity index (χ2n) is 5.32. The molecular weight excluding hydrogens is 326 g/mol. The maximum absolute atomic E-state index is 13.0. The van der Waals surface area contributed by atoms with Gasteiger partial charge in [0.05, 0.1) is 6.54 Å². The Morgan fingerprint density at radius 3 is 2.61 bits per heavy atom. The van der Waals surface area contributed by atoms with Gasteiger partial charge in [-0.1, -0.05) is 41.4 Å². The molecular formula is C19H16ClNOS. The van der Waals surface area contributed by atoms with Gasteiger partial charge in [-0.3, -0.25) is 4.79 Å². The van der Waals surface area contributed by atoms with Crippen molar-refractivity contribution >= 4 is 34.5 Å². The standard InChI is InChI=1S/C19H16ClNOS/c1-14-5-2-6-15(11-14)19(22)21(13-18-9-4-10-23-18)17-8-3-7-16(20)12-17/h2-12H,13H2,1H3. The van der Waals surface area contributed by atoms with E-state index in [1.54, 1.807) is 16.2 Å². The Hall–Kier alpha value is -2.10. The number of carbonyl (C=O) groups excluding carboxylic acids is 1. The summed E-state index contributed by atoms with van der Waals surface area (Å²) in [6.07, 6.45) is 0. The monoisotopic (exact) mass is 341 g/mol. The smallest absolute Gasteiger partial charge is 0.258 e. The number of hydrogen-bond acceptors (Lipinski definition) is 2. The summed E-state index contributed by atoms with van der Waals surface area (Å²) in [5, 5.41) is 2.64. The number of hydrogen-bond donors (Lipinski definition) is 0. The van der Waals surface area contributed by atoms with Gasteiger partial charge in [0, 0.05) is 21.2 Å². The SMILES string of the molecule is Cc1cccc(C(=O)N(Cc2cccs2)c2cccc(Cl)c2)c1. The highest BCUT2D eigenvalue weighted by Crippen LogP contribution is 2.25. The van der Waals surface area contributed by atoms with Gasteiger partial charge in [0.15, 0.2) is 0 Å². The Balaban J connectivity index is 1.99. The summed E-state index contributed by atoms with van der Waals surface area (Å²) in [6.45, 7) is 2.52. The number of aryl methyl sites for hydroxylation is 1. The van der Waals surface area contributed by atoms with E-state index in [-0.39, 0.29) is 5.91 Å². The number of thiophene rings is 1. The molecule has 0 fully saturated rings. The molecule has 23 heavy (non-hydrogen) atoms. The largest absolute Gasteiger partial charge is 0.303 e. The van der Waals surface area contributed by atoms with Crippen LogP contribution in [0.1, 0.15) is 20.8 Å². The van der Waals surface area contributed by atoms with Crippen LogP contribution in [0.4, 0.5) is 5.69 Å². The fraction of sp³-hybridized carbons (Fsp3) is 0.105. The zero-order valence-corrected chi connectivity index (χ0v) is 14.3. The molecule has 116 valence electrons. The predicted molar refractivity (Wildman–Crippen MR) is 97.5 cm³/mol. The van der Waals surface area contributed by atoms with Gasteiger partial charge in [-0.2, -0.15) is 0 Å². The van der Waals surface area contributed by atoms with Crippen LogP contribution in [0.5, 0.6) is 0 Å². The van der Waals surface area contributed by atoms with E-state index in [1.165, 1.54) is 0 Å². The van der Waals surface area contributed by atoms with Gasteiger partial charge in [0.2, 0.25) is 0 Å². The van der Waals surface area contributed by atoms with E-state index in [4.69, 9.17) is 11.6 Å². The Labute approximate surface area is 145 Å². The van der Waals surface area contributed by atoms with E-state index in [0.717, 1.165) is 16.1 Å². The molecule has 0 saturated heterocycles. The van der Waals surface area contributed by atoms with Crippen molar-refractivity contribution in [1.82, 2.24) is 0 Å². The topological polar surface area (TPSA) is 20.3 Å². The summed E-state index contributed by atoms with van der Waals surface area (Å²) >= 11 is 7.75. The molecule has 4 heteroatoms. The lowest BCUT2D eigenvalue weighted by atomic mass is 10.1. The van der Waals surface area contributed by atoms with Crippen molar-refractivity contribution in [3.8, 4) is 0 Å². The lowest BCUT2D eigenvalue weighted by molar-refractivity contribution is 0.0985. The van der Waals surface area contributed by atoms with Crippen LogP contribution >= 0.6 is 22.9 Å². The van der Waals surface area contributed by atoms with Crippen molar-refractivity contribution in [1.29, 1.82) is 0 Å². The van der Waals surface area contributed by atoms with Crippen LogP contribution in [0.25, 0.3) is 0 Å². The number of rotatable bonds is 4. The molecule has 0 bridgehead atoms. The summed E-state index contributed by atoms with van der Waals surface area (Å²) in [5.41, 5.74) is 2.55. The minimum Gasteiger partial charge on any atom is -0.303 e. The number of anilines is 1. The van der Waals surface area contributed by atoms with E-state index < -0.39 is 0 Å². The molecule has 2 nitrogen and oxygen atoms in total. The zero-order chi connectivity index (χ0) is 16.2. The molecule has 0 aliphatic rings. The highest BCUT2D eigenvalue weighted by atomic mass is 35.5. The van der Waals surface area contributed by atoms with E-state index in [9.17, 15) is 4.79 Å². The maximum Gasteiger partial charge on any atom is 0.258 e. The second kappa shape index (κ2) is 6.99. The van der Waals surface area contributed by atoms with Crippen molar-refractivity contribution < 1.29 is 4.79 Å². The fourth-order valence-electron chi connectivity index (χ4n) is 2.42. The van der Waals surface area contributed by atoms with E-state index >= 15 is 0 Å². The quantitative estimate of drug-likeness (QED) is 0.608. The third-order valence-electron chi connectivity index (χ3n) is 3.52. The summed E-state index contributed by atoms with van der Waals surface area (Å²) in [5.74, 6) is -0.0237. The van der Waals surface area contributed by atoms with E-state index in [0.29, 0.717) is 17.1 Å². The van der Waals surface area contributed by atoms with Crippen LogP contribution in [-0.2, 0) is 6.54 Å². The van der Waals surface area contributed by atoms with Crippen molar-refractivity contribution in [2.45, 2.75) is 13.5 Å². The number of benzene rings is 2. The molecule has 1 amide bonds. The minimum atomic E-state index is -0.0237. The van der Waals surface area contributed by atoms with Crippen LogP contribution in [0, 0.1) is 6.92 Å². The molecule has 0 aliphatic heterocycles. The van der Waals surface area contributed by atoms with Crippen LogP contribution in [0.3, 0.4) is 0 Å². The number of nitrogens with zero attached hydrogens (tertiary/aromatic N) is 1. The van der Waals surface area contributed by atoms with Gasteiger partial charge in [0.25, 0.3) is 5.91 Å². The number of amides is 1. The van der Waals surface area contributed by atoms with E-state index in [1.807, 2.05) is 73.0 Å². The third-order valence-corrected chi connectivity index (χ3v) is 4.62. The van der Waals surface area contributed by atoms with Crippen LogP contribution < -0.4 is 4.90 Å². The summed E-state index contributed by atoms with van der Waals surface area (Å²) in [7, 11) is 0. The van der Waals surface area contributed by atoms with Gasteiger partial charge < -0.3 is 4.90 Å². The molecule has 1 aromatic heterocycles. The normalized spacial score (nSPS) is 10.5. The van der Waals surface area contributed by atoms with Gasteiger partial charge in [0.1, 0.15) is 0 Å². The molecule has 3 aromatic rings. The molecule has 0 atom stereocenters. The third kappa shape index (κ3) is 3.81. The molecule has 0 unspecified atom stereocenters. The van der Waals surface area contributed by atoms with Crippen LogP contribution in [0.2, 0.25) is 5.02 Å². The Morgan fingerprint density at radius 1 is 1.09 bits per heavy atom. The first-order valence-corrected chi connectivity index (χ1v) is 8.56. The average molecular weight is 342 g/mol. The average Bonchev–Trinajstić information content (AvgIpc) is 3.05. The lowest BCUT2D eigenvalue weighted by Gasteiger charge is -2.23. The number of halogens is 1. The van der Waals surface area contributed by atoms with Crippen molar-refractivity contribution in [3.05, 3.63) is 87.1 Å². The van der Waals surface area contributed by atoms with Crippen LogP contribution in [0.15, 0.2) is 66.0 Å². The molecule has 0 spiro atoms. The lowest BCUT2D eigenvalue weighted by Crippen LogP contribution is -2.30. The first-order chi connectivity index (χ1) is 11.1. The highest BCUT2D eigenvalue weighted by molar-refractivity contribution is 7.09. The minimum absolute atomic E-state index is 0.0237. The molecule has 0 aliphatic carbocycles.